The molecule has 0 unspecified atom stereocenters. The van der Waals surface area contributed by atoms with Crippen molar-refractivity contribution in [1.82, 2.24) is 5.32 Å². The Bertz CT molecular complexity index is 101. The van der Waals surface area contributed by atoms with Crippen molar-refractivity contribution in [2.75, 3.05) is 6.54 Å². The Labute approximate surface area is 55.8 Å². The normalized spacial score (nSPS) is 49.7. The molecule has 1 aliphatic carbocycles. The van der Waals surface area contributed by atoms with Crippen LogP contribution in [0.5, 0.6) is 0 Å². The molecule has 0 amide bonds. The Morgan fingerprint density at radius 2 is 2.11 bits per heavy atom. The highest BCUT2D eigenvalue weighted by Gasteiger charge is 2.31. The quantitative estimate of drug-likeness (QED) is 0.482. The van der Waals surface area contributed by atoms with E-state index in [2.05, 4.69) is 5.32 Å². The summed E-state index contributed by atoms with van der Waals surface area (Å²) in [6, 6.07) is 1.25. The van der Waals surface area contributed by atoms with E-state index in [-0.39, 0.29) is 0 Å². The van der Waals surface area contributed by atoms with Crippen LogP contribution in [0.1, 0.15) is 19.3 Å². The van der Waals surface area contributed by atoms with Gasteiger partial charge in [-0.3, -0.25) is 0 Å². The Hall–Kier alpha value is -0.0800. The number of nitrogens with one attached hydrogen (secondary N) is 1. The summed E-state index contributed by atoms with van der Waals surface area (Å²) in [6.07, 6.45) is 3.84. The SMILES string of the molecule is N[C@@H]1C[C@H]2CN[C@@H](C1)C2. The zero-order valence-electron chi connectivity index (χ0n) is 5.64. The second kappa shape index (κ2) is 1.96. The van der Waals surface area contributed by atoms with Crippen LogP contribution in [0.2, 0.25) is 0 Å². The van der Waals surface area contributed by atoms with Gasteiger partial charge in [-0.25, -0.2) is 0 Å². The summed E-state index contributed by atoms with van der Waals surface area (Å²) in [6.45, 7) is 1.22. The largest absolute Gasteiger partial charge is 0.328 e. The molecule has 1 heterocycles. The number of hydrogen-bond acceptors (Lipinski definition) is 2. The van der Waals surface area contributed by atoms with Crippen LogP contribution in [0, 0.1) is 5.92 Å². The van der Waals surface area contributed by atoms with Gasteiger partial charge in [0.05, 0.1) is 0 Å². The van der Waals surface area contributed by atoms with Crippen LogP contribution in [-0.2, 0) is 0 Å². The van der Waals surface area contributed by atoms with E-state index >= 15 is 0 Å². The second-order valence-corrected chi connectivity index (χ2v) is 3.44. The standard InChI is InChI=1S/C7H14N2/c8-6-1-5-2-7(3-6)9-4-5/h5-7,9H,1-4,8H2/t5-,6-,7-/m1/s1. The average molecular weight is 126 g/mol. The molecule has 2 bridgehead atoms. The summed E-state index contributed by atoms with van der Waals surface area (Å²) in [4.78, 5) is 0. The highest BCUT2D eigenvalue weighted by Crippen LogP contribution is 2.27. The van der Waals surface area contributed by atoms with Gasteiger partial charge >= 0.3 is 0 Å². The first-order valence-electron chi connectivity index (χ1n) is 3.83. The third-order valence-electron chi connectivity index (χ3n) is 2.54. The van der Waals surface area contributed by atoms with E-state index in [0.29, 0.717) is 6.04 Å². The summed E-state index contributed by atoms with van der Waals surface area (Å²) < 4.78 is 0. The van der Waals surface area contributed by atoms with Crippen molar-refractivity contribution in [1.29, 1.82) is 0 Å². The van der Waals surface area contributed by atoms with Crippen LogP contribution >= 0.6 is 0 Å². The molecule has 1 aliphatic heterocycles. The molecule has 2 heteroatoms. The van der Waals surface area contributed by atoms with Gasteiger partial charge in [0, 0.05) is 12.1 Å². The van der Waals surface area contributed by atoms with E-state index in [1.807, 2.05) is 0 Å². The van der Waals surface area contributed by atoms with Crippen molar-refractivity contribution >= 4 is 0 Å². The van der Waals surface area contributed by atoms with Gasteiger partial charge in [-0.2, -0.15) is 0 Å². The zero-order valence-corrected chi connectivity index (χ0v) is 5.64. The fraction of sp³-hybridized carbons (Fsp3) is 1.00. The highest BCUT2D eigenvalue weighted by molar-refractivity contribution is 4.91. The van der Waals surface area contributed by atoms with Gasteiger partial charge in [-0.1, -0.05) is 0 Å². The summed E-state index contributed by atoms with van der Waals surface area (Å²) in [5.74, 6) is 0.902. The molecule has 0 aromatic heterocycles. The Morgan fingerprint density at radius 3 is 2.89 bits per heavy atom. The van der Waals surface area contributed by atoms with E-state index < -0.39 is 0 Å². The zero-order chi connectivity index (χ0) is 6.27. The van der Waals surface area contributed by atoms with Crippen LogP contribution in [0.3, 0.4) is 0 Å². The first-order chi connectivity index (χ1) is 4.34. The summed E-state index contributed by atoms with van der Waals surface area (Å²) in [5.41, 5.74) is 5.82. The topological polar surface area (TPSA) is 38.0 Å². The molecule has 3 atom stereocenters. The van der Waals surface area contributed by atoms with Gasteiger partial charge in [-0.15, -0.1) is 0 Å². The molecule has 2 nitrogen and oxygen atoms in total. The van der Waals surface area contributed by atoms with E-state index in [0.717, 1.165) is 12.0 Å². The molecular formula is C7H14N2. The maximum atomic E-state index is 5.82. The van der Waals surface area contributed by atoms with Crippen molar-refractivity contribution in [3.8, 4) is 0 Å². The minimum atomic E-state index is 0.490. The summed E-state index contributed by atoms with van der Waals surface area (Å²) in [5, 5.41) is 3.47. The van der Waals surface area contributed by atoms with Crippen LogP contribution in [0.25, 0.3) is 0 Å². The van der Waals surface area contributed by atoms with Gasteiger partial charge in [-0.05, 0) is 31.7 Å². The molecular weight excluding hydrogens is 112 g/mol. The molecule has 0 spiro atoms. The summed E-state index contributed by atoms with van der Waals surface area (Å²) >= 11 is 0. The molecule has 9 heavy (non-hydrogen) atoms. The molecule has 1 saturated carbocycles. The maximum Gasteiger partial charge on any atom is 0.00850 e. The molecule has 0 aromatic carbocycles. The molecule has 2 aliphatic rings. The van der Waals surface area contributed by atoms with Crippen LogP contribution in [0.4, 0.5) is 0 Å². The monoisotopic (exact) mass is 126 g/mol. The molecule has 52 valence electrons. The lowest BCUT2D eigenvalue weighted by atomic mass is 9.87. The predicted molar refractivity (Wildman–Crippen MR) is 37.1 cm³/mol. The Morgan fingerprint density at radius 1 is 1.22 bits per heavy atom. The lowest BCUT2D eigenvalue weighted by molar-refractivity contribution is 0.364. The van der Waals surface area contributed by atoms with Gasteiger partial charge in [0.2, 0.25) is 0 Å². The molecule has 0 radical (unpaired) electrons. The first-order valence-corrected chi connectivity index (χ1v) is 3.83. The van der Waals surface area contributed by atoms with E-state index in [1.54, 1.807) is 0 Å². The third-order valence-corrected chi connectivity index (χ3v) is 2.54. The van der Waals surface area contributed by atoms with Crippen molar-refractivity contribution < 1.29 is 0 Å². The maximum absolute atomic E-state index is 5.82. The molecule has 0 aromatic rings. The predicted octanol–water partition coefficient (Wildman–Crippen LogP) is 0.0856. The van der Waals surface area contributed by atoms with Gasteiger partial charge in [0.15, 0.2) is 0 Å². The van der Waals surface area contributed by atoms with Crippen LogP contribution in [0.15, 0.2) is 0 Å². The minimum absolute atomic E-state index is 0.490. The molecule has 1 saturated heterocycles. The van der Waals surface area contributed by atoms with Crippen molar-refractivity contribution in [3.63, 3.8) is 0 Å². The smallest absolute Gasteiger partial charge is 0.00850 e. The van der Waals surface area contributed by atoms with E-state index in [4.69, 9.17) is 5.73 Å². The van der Waals surface area contributed by atoms with Crippen molar-refractivity contribution in [3.05, 3.63) is 0 Å². The van der Waals surface area contributed by atoms with E-state index in [9.17, 15) is 0 Å². The minimum Gasteiger partial charge on any atom is -0.328 e. The first kappa shape index (κ1) is 5.69. The summed E-state index contributed by atoms with van der Waals surface area (Å²) in [7, 11) is 0. The Balaban J connectivity index is 2.03. The van der Waals surface area contributed by atoms with Gasteiger partial charge < -0.3 is 11.1 Å². The third kappa shape index (κ3) is 0.970. The fourth-order valence-corrected chi connectivity index (χ4v) is 2.15. The molecule has 2 fully saturated rings. The number of nitrogens with two attached hydrogens (primary N) is 1. The van der Waals surface area contributed by atoms with Crippen LogP contribution in [-0.4, -0.2) is 18.6 Å². The number of hydrogen-bond donors (Lipinski definition) is 2. The number of fused-ring (bicyclic) bond motifs is 2. The van der Waals surface area contributed by atoms with Gasteiger partial charge in [0.25, 0.3) is 0 Å². The molecule has 2 rings (SSSR count). The highest BCUT2D eigenvalue weighted by atomic mass is 15.0. The Kier molecular flexibility index (Phi) is 1.24. The molecule has 3 N–H and O–H groups in total. The van der Waals surface area contributed by atoms with Crippen molar-refractivity contribution in [2.24, 2.45) is 11.7 Å². The van der Waals surface area contributed by atoms with Crippen molar-refractivity contribution in [2.45, 2.75) is 31.3 Å². The van der Waals surface area contributed by atoms with Gasteiger partial charge in [0.1, 0.15) is 0 Å². The average Bonchev–Trinajstić information content (AvgIpc) is 2.11. The van der Waals surface area contributed by atoms with E-state index in [1.165, 1.54) is 25.8 Å². The fourth-order valence-electron chi connectivity index (χ4n) is 2.15. The lowest BCUT2D eigenvalue weighted by Gasteiger charge is -2.22. The van der Waals surface area contributed by atoms with Crippen LogP contribution < -0.4 is 11.1 Å². The number of rotatable bonds is 0. The second-order valence-electron chi connectivity index (χ2n) is 3.44. The lowest BCUT2D eigenvalue weighted by Crippen LogP contribution is -2.33.